The maximum Gasteiger partial charge on any atom is 0.244 e. The van der Waals surface area contributed by atoms with Gasteiger partial charge in [0.15, 0.2) is 0 Å². The molecule has 0 aromatic heterocycles. The van der Waals surface area contributed by atoms with E-state index in [0.717, 1.165) is 5.56 Å². The van der Waals surface area contributed by atoms with Gasteiger partial charge in [-0.1, -0.05) is 46.9 Å². The van der Waals surface area contributed by atoms with Gasteiger partial charge in [-0.25, -0.2) is 5.43 Å². The fourth-order valence-electron chi connectivity index (χ4n) is 2.09. The van der Waals surface area contributed by atoms with Crippen molar-refractivity contribution in [3.63, 3.8) is 0 Å². The van der Waals surface area contributed by atoms with Crippen molar-refractivity contribution in [2.24, 2.45) is 5.10 Å². The predicted molar refractivity (Wildman–Crippen MR) is 106 cm³/mol. The number of hydrogen-bond donors (Lipinski definition) is 2. The lowest BCUT2D eigenvalue weighted by Gasteiger charge is -2.07. The summed E-state index contributed by atoms with van der Waals surface area (Å²) in [5, 5.41) is 8.06. The maximum atomic E-state index is 12.0. The van der Waals surface area contributed by atoms with Crippen molar-refractivity contribution in [3.8, 4) is 0 Å². The Labute approximate surface area is 166 Å². The van der Waals surface area contributed by atoms with Gasteiger partial charge in [-0.3, -0.25) is 9.59 Å². The highest BCUT2D eigenvalue weighted by Crippen LogP contribution is 2.22. The smallest absolute Gasteiger partial charge is 0.244 e. The van der Waals surface area contributed by atoms with E-state index in [-0.39, 0.29) is 24.7 Å². The van der Waals surface area contributed by atoms with Gasteiger partial charge < -0.3 is 5.32 Å². The summed E-state index contributed by atoms with van der Waals surface area (Å²) in [4.78, 5) is 23.9. The molecule has 0 unspecified atom stereocenters. The Kier molecular flexibility index (Phi) is 7.45. The highest BCUT2D eigenvalue weighted by Gasteiger charge is 2.07. The molecule has 0 radical (unpaired) electrons. The second-order valence-corrected chi connectivity index (χ2v) is 6.88. The number of nitrogens with one attached hydrogen (secondary N) is 2. The monoisotopic (exact) mass is 411 g/mol. The summed E-state index contributed by atoms with van der Waals surface area (Å²) in [6.45, 7) is 1.65. The predicted octanol–water partition coefficient (Wildman–Crippen LogP) is 4.71. The van der Waals surface area contributed by atoms with Gasteiger partial charge in [0.1, 0.15) is 0 Å². The Bertz CT molecular complexity index is 816. The molecular weight excluding hydrogens is 397 g/mol. The average Bonchev–Trinajstić information content (AvgIpc) is 2.54. The molecule has 0 atom stereocenters. The van der Waals surface area contributed by atoms with Crippen LogP contribution in [0.15, 0.2) is 47.6 Å². The molecule has 2 rings (SSSR count). The average molecular weight is 413 g/mol. The van der Waals surface area contributed by atoms with Crippen LogP contribution in [0.3, 0.4) is 0 Å². The molecule has 0 spiro atoms. The normalized spacial score (nSPS) is 11.2. The molecule has 0 aliphatic carbocycles. The van der Waals surface area contributed by atoms with E-state index in [9.17, 15) is 9.59 Å². The Balaban J connectivity index is 1.83. The third-order valence-electron chi connectivity index (χ3n) is 3.21. The first-order valence-electron chi connectivity index (χ1n) is 7.64. The summed E-state index contributed by atoms with van der Waals surface area (Å²) in [7, 11) is 0. The number of halogens is 3. The Morgan fingerprint density at radius 3 is 2.15 bits per heavy atom. The minimum atomic E-state index is -0.295. The summed E-state index contributed by atoms with van der Waals surface area (Å²) in [6.07, 6.45) is 0.187. The van der Waals surface area contributed by atoms with Crippen molar-refractivity contribution in [1.29, 1.82) is 0 Å². The first-order chi connectivity index (χ1) is 12.3. The number of carbonyl (C=O) groups excluding carboxylic acids is 2. The lowest BCUT2D eigenvalue weighted by Crippen LogP contribution is -2.22. The Morgan fingerprint density at radius 2 is 1.54 bits per heavy atom. The third kappa shape index (κ3) is 7.04. The van der Waals surface area contributed by atoms with Gasteiger partial charge in [-0.15, -0.1) is 0 Å². The van der Waals surface area contributed by atoms with E-state index in [1.807, 2.05) is 0 Å². The van der Waals surface area contributed by atoms with Crippen LogP contribution in [0.4, 0.5) is 5.69 Å². The number of rotatable bonds is 6. The minimum absolute atomic E-state index is 0.0192. The van der Waals surface area contributed by atoms with Crippen molar-refractivity contribution in [2.45, 2.75) is 19.8 Å². The van der Waals surface area contributed by atoms with Gasteiger partial charge in [-0.05, 0) is 42.8 Å². The number of nitrogens with zero attached hydrogens (tertiary/aromatic N) is 1. The van der Waals surface area contributed by atoms with Crippen LogP contribution in [-0.2, 0) is 16.0 Å². The molecule has 2 aromatic carbocycles. The molecule has 0 fully saturated rings. The highest BCUT2D eigenvalue weighted by molar-refractivity contribution is 6.35. The van der Waals surface area contributed by atoms with Crippen molar-refractivity contribution < 1.29 is 9.59 Å². The number of benzene rings is 2. The van der Waals surface area contributed by atoms with Crippen LogP contribution in [0, 0.1) is 0 Å². The molecule has 136 valence electrons. The number of hydrazone groups is 1. The summed E-state index contributed by atoms with van der Waals surface area (Å²) in [5.74, 6) is -0.578. The van der Waals surface area contributed by atoms with E-state index in [1.54, 1.807) is 49.4 Å². The summed E-state index contributed by atoms with van der Waals surface area (Å²) < 4.78 is 0. The maximum absolute atomic E-state index is 12.0. The molecule has 2 amide bonds. The second-order valence-electron chi connectivity index (χ2n) is 5.57. The van der Waals surface area contributed by atoms with Crippen LogP contribution in [0.25, 0.3) is 0 Å². The van der Waals surface area contributed by atoms with Gasteiger partial charge in [0.2, 0.25) is 11.8 Å². The van der Waals surface area contributed by atoms with Crippen LogP contribution in [0.1, 0.15) is 18.9 Å². The SMILES string of the molecule is C/C(CC(=O)Nc1cc(Cl)cc(Cl)c1)=N\NC(=O)Cc1ccc(Cl)cc1. The van der Waals surface area contributed by atoms with Crippen molar-refractivity contribution in [3.05, 3.63) is 63.1 Å². The fourth-order valence-corrected chi connectivity index (χ4v) is 2.74. The zero-order chi connectivity index (χ0) is 19.1. The number of hydrogen-bond acceptors (Lipinski definition) is 3. The van der Waals surface area contributed by atoms with Gasteiger partial charge in [0.25, 0.3) is 0 Å². The molecule has 0 bridgehead atoms. The molecule has 0 aliphatic heterocycles. The molecule has 2 N–H and O–H groups in total. The first-order valence-corrected chi connectivity index (χ1v) is 8.77. The molecule has 26 heavy (non-hydrogen) atoms. The van der Waals surface area contributed by atoms with E-state index in [1.165, 1.54) is 0 Å². The molecule has 0 saturated heterocycles. The van der Waals surface area contributed by atoms with E-state index < -0.39 is 0 Å². The third-order valence-corrected chi connectivity index (χ3v) is 3.90. The van der Waals surface area contributed by atoms with E-state index >= 15 is 0 Å². The summed E-state index contributed by atoms with van der Waals surface area (Å²) >= 11 is 17.6. The molecule has 0 heterocycles. The quantitative estimate of drug-likeness (QED) is 0.533. The van der Waals surface area contributed by atoms with Crippen molar-refractivity contribution in [2.75, 3.05) is 5.32 Å². The topological polar surface area (TPSA) is 70.6 Å². The van der Waals surface area contributed by atoms with Crippen molar-refractivity contribution in [1.82, 2.24) is 5.43 Å². The van der Waals surface area contributed by atoms with Crippen LogP contribution in [0.2, 0.25) is 15.1 Å². The number of amides is 2. The molecule has 8 heteroatoms. The Morgan fingerprint density at radius 1 is 0.923 bits per heavy atom. The van der Waals surface area contributed by atoms with Gasteiger partial charge >= 0.3 is 0 Å². The second kappa shape index (κ2) is 9.57. The molecule has 0 saturated carbocycles. The van der Waals surface area contributed by atoms with Crippen LogP contribution >= 0.6 is 34.8 Å². The summed E-state index contributed by atoms with van der Waals surface area (Å²) in [6, 6.07) is 11.7. The lowest BCUT2D eigenvalue weighted by atomic mass is 10.1. The van der Waals surface area contributed by atoms with E-state index in [2.05, 4.69) is 15.8 Å². The number of anilines is 1. The zero-order valence-corrected chi connectivity index (χ0v) is 16.1. The standard InChI is InChI=1S/C18H16Cl3N3O2/c1-11(6-17(25)22-16-9-14(20)8-15(21)10-16)23-24-18(26)7-12-2-4-13(19)5-3-12/h2-5,8-10H,6-7H2,1H3,(H,22,25)(H,24,26)/b23-11+. The lowest BCUT2D eigenvalue weighted by molar-refractivity contribution is -0.120. The van der Waals surface area contributed by atoms with E-state index in [0.29, 0.717) is 26.5 Å². The molecular formula is C18H16Cl3N3O2. The van der Waals surface area contributed by atoms with Gasteiger partial charge in [0, 0.05) is 26.5 Å². The molecule has 0 aliphatic rings. The van der Waals surface area contributed by atoms with Crippen LogP contribution < -0.4 is 10.7 Å². The minimum Gasteiger partial charge on any atom is -0.326 e. The summed E-state index contributed by atoms with van der Waals surface area (Å²) in [5.41, 5.74) is 4.19. The molecule has 2 aromatic rings. The largest absolute Gasteiger partial charge is 0.326 e. The zero-order valence-electron chi connectivity index (χ0n) is 13.9. The molecule has 5 nitrogen and oxygen atoms in total. The van der Waals surface area contributed by atoms with Crippen LogP contribution in [0.5, 0.6) is 0 Å². The van der Waals surface area contributed by atoms with Crippen molar-refractivity contribution >= 4 is 58.0 Å². The van der Waals surface area contributed by atoms with Gasteiger partial charge in [-0.2, -0.15) is 5.10 Å². The highest BCUT2D eigenvalue weighted by atomic mass is 35.5. The van der Waals surface area contributed by atoms with Gasteiger partial charge in [0.05, 0.1) is 12.8 Å². The first kappa shape index (κ1) is 20.2. The van der Waals surface area contributed by atoms with Crippen LogP contribution in [-0.4, -0.2) is 17.5 Å². The Hall–Kier alpha value is -2.08. The number of carbonyl (C=O) groups is 2. The fraction of sp³-hybridized carbons (Fsp3) is 0.167. The van der Waals surface area contributed by atoms with E-state index in [4.69, 9.17) is 34.8 Å².